The van der Waals surface area contributed by atoms with E-state index in [1.807, 2.05) is 16.3 Å². The third-order valence-electron chi connectivity index (χ3n) is 3.54. The number of thiophene rings is 1. The minimum absolute atomic E-state index is 0.0425. The van der Waals surface area contributed by atoms with Crippen LogP contribution in [0.3, 0.4) is 0 Å². The maximum absolute atomic E-state index is 12.6. The molecule has 1 aromatic rings. The zero-order valence-corrected chi connectivity index (χ0v) is 15.1. The Balaban J connectivity index is 2.02. The molecule has 1 atom stereocenters. The van der Waals surface area contributed by atoms with Crippen molar-refractivity contribution in [2.45, 2.75) is 31.7 Å². The van der Waals surface area contributed by atoms with E-state index in [4.69, 9.17) is 0 Å². The van der Waals surface area contributed by atoms with Gasteiger partial charge in [-0.15, -0.1) is 11.3 Å². The maximum atomic E-state index is 12.6. The maximum Gasteiger partial charge on any atom is 0.265 e. The highest BCUT2D eigenvalue weighted by Gasteiger charge is 2.28. The van der Waals surface area contributed by atoms with Crippen molar-refractivity contribution in [3.63, 3.8) is 0 Å². The quantitative estimate of drug-likeness (QED) is 0.833. The third kappa shape index (κ3) is 4.77. The molecule has 1 aliphatic rings. The molecule has 1 N–H and O–H groups in total. The summed E-state index contributed by atoms with van der Waals surface area (Å²) < 4.78 is 25.6. The van der Waals surface area contributed by atoms with Crippen molar-refractivity contribution in [2.24, 2.45) is 0 Å². The Morgan fingerprint density at radius 1 is 1.52 bits per heavy atom. The van der Waals surface area contributed by atoms with Gasteiger partial charge in [0.05, 0.1) is 6.26 Å². The summed E-state index contributed by atoms with van der Waals surface area (Å²) in [6.45, 7) is 1.12. The molecule has 1 amide bonds. The van der Waals surface area contributed by atoms with E-state index in [1.54, 1.807) is 0 Å². The number of halogens is 1. The highest BCUT2D eigenvalue weighted by molar-refractivity contribution is 9.10. The molecule has 2 rings (SSSR count). The van der Waals surface area contributed by atoms with Crippen molar-refractivity contribution < 1.29 is 13.2 Å². The predicted molar refractivity (Wildman–Crippen MR) is 88.2 cm³/mol. The van der Waals surface area contributed by atoms with Gasteiger partial charge >= 0.3 is 0 Å². The molecule has 1 saturated heterocycles. The molecule has 0 radical (unpaired) electrons. The summed E-state index contributed by atoms with van der Waals surface area (Å²) in [5, 5.41) is 1.89. The SMILES string of the molecule is CS(=O)(=O)NCCC1CCCCN1C(=O)c1sccc1Br. The Labute approximate surface area is 137 Å². The highest BCUT2D eigenvalue weighted by atomic mass is 79.9. The summed E-state index contributed by atoms with van der Waals surface area (Å²) in [6, 6.07) is 1.98. The van der Waals surface area contributed by atoms with E-state index < -0.39 is 10.0 Å². The molecule has 0 bridgehead atoms. The van der Waals surface area contributed by atoms with Crippen LogP contribution in [0.4, 0.5) is 0 Å². The van der Waals surface area contributed by atoms with Gasteiger partial charge in [-0.05, 0) is 53.1 Å². The topological polar surface area (TPSA) is 66.5 Å². The van der Waals surface area contributed by atoms with Gasteiger partial charge in [-0.3, -0.25) is 4.79 Å². The Hall–Kier alpha value is -0.440. The van der Waals surface area contributed by atoms with Gasteiger partial charge in [-0.1, -0.05) is 0 Å². The molecule has 2 heterocycles. The van der Waals surface area contributed by atoms with E-state index in [-0.39, 0.29) is 11.9 Å². The second-order valence-corrected chi connectivity index (χ2v) is 8.80. The number of rotatable bonds is 5. The molecule has 1 unspecified atom stereocenters. The summed E-state index contributed by atoms with van der Waals surface area (Å²) in [7, 11) is -3.17. The zero-order chi connectivity index (χ0) is 15.5. The van der Waals surface area contributed by atoms with Gasteiger partial charge in [0.25, 0.3) is 5.91 Å². The van der Waals surface area contributed by atoms with Crippen molar-refractivity contribution in [1.29, 1.82) is 0 Å². The number of hydrogen-bond donors (Lipinski definition) is 1. The average molecular weight is 395 g/mol. The van der Waals surface area contributed by atoms with Crippen molar-refractivity contribution >= 4 is 43.2 Å². The first-order valence-corrected chi connectivity index (χ1v) is 10.4. The number of nitrogens with one attached hydrogen (secondary N) is 1. The first-order valence-electron chi connectivity index (χ1n) is 6.87. The Bertz CT molecular complexity index is 600. The van der Waals surface area contributed by atoms with E-state index in [9.17, 15) is 13.2 Å². The Morgan fingerprint density at radius 3 is 2.90 bits per heavy atom. The van der Waals surface area contributed by atoms with Crippen LogP contribution in [0.15, 0.2) is 15.9 Å². The number of hydrogen-bond acceptors (Lipinski definition) is 4. The number of amides is 1. The van der Waals surface area contributed by atoms with Crippen LogP contribution in [0, 0.1) is 0 Å². The van der Waals surface area contributed by atoms with Gasteiger partial charge in [0.15, 0.2) is 0 Å². The van der Waals surface area contributed by atoms with Crippen LogP contribution in [-0.2, 0) is 10.0 Å². The monoisotopic (exact) mass is 394 g/mol. The third-order valence-corrected chi connectivity index (χ3v) is 6.10. The smallest absolute Gasteiger partial charge is 0.265 e. The summed E-state index contributed by atoms with van der Waals surface area (Å²) in [6.07, 6.45) is 4.82. The molecule has 1 fully saturated rings. The highest BCUT2D eigenvalue weighted by Crippen LogP contribution is 2.28. The van der Waals surface area contributed by atoms with Crippen LogP contribution in [0.5, 0.6) is 0 Å². The standard InChI is InChI=1S/C13H19BrN2O3S2/c1-21(18,19)15-7-5-10-4-2-3-8-16(10)13(17)12-11(14)6-9-20-12/h6,9-10,15H,2-5,7-8H2,1H3. The molecule has 0 spiro atoms. The van der Waals surface area contributed by atoms with Gasteiger partial charge in [-0.2, -0.15) is 0 Å². The summed E-state index contributed by atoms with van der Waals surface area (Å²) in [4.78, 5) is 15.2. The van der Waals surface area contributed by atoms with Crippen LogP contribution in [-0.4, -0.2) is 44.6 Å². The molecule has 1 aliphatic heterocycles. The van der Waals surface area contributed by atoms with Crippen molar-refractivity contribution in [1.82, 2.24) is 9.62 Å². The number of likely N-dealkylation sites (tertiary alicyclic amines) is 1. The lowest BCUT2D eigenvalue weighted by Crippen LogP contribution is -2.45. The second kappa shape index (κ2) is 7.21. The minimum atomic E-state index is -3.17. The van der Waals surface area contributed by atoms with Gasteiger partial charge in [0.1, 0.15) is 4.88 Å². The van der Waals surface area contributed by atoms with Gasteiger partial charge < -0.3 is 4.90 Å². The second-order valence-electron chi connectivity index (χ2n) is 5.20. The number of nitrogens with zero attached hydrogens (tertiary/aromatic N) is 1. The first-order chi connectivity index (χ1) is 9.88. The fourth-order valence-electron chi connectivity index (χ4n) is 2.56. The number of sulfonamides is 1. The van der Waals surface area contributed by atoms with Crippen LogP contribution in [0.25, 0.3) is 0 Å². The van der Waals surface area contributed by atoms with Crippen molar-refractivity contribution in [3.05, 3.63) is 20.8 Å². The number of carbonyl (C=O) groups is 1. The van der Waals surface area contributed by atoms with E-state index in [0.717, 1.165) is 41.4 Å². The number of carbonyl (C=O) groups excluding carboxylic acids is 1. The zero-order valence-electron chi connectivity index (χ0n) is 11.8. The van der Waals surface area contributed by atoms with Crippen LogP contribution < -0.4 is 4.72 Å². The lowest BCUT2D eigenvalue weighted by Gasteiger charge is -2.35. The van der Waals surface area contributed by atoms with Gasteiger partial charge in [-0.25, -0.2) is 13.1 Å². The Kier molecular flexibility index (Phi) is 5.81. The van der Waals surface area contributed by atoms with Crippen LogP contribution in [0.1, 0.15) is 35.4 Å². The van der Waals surface area contributed by atoms with E-state index >= 15 is 0 Å². The largest absolute Gasteiger partial charge is 0.335 e. The molecule has 0 aliphatic carbocycles. The van der Waals surface area contributed by atoms with E-state index in [2.05, 4.69) is 20.7 Å². The fraction of sp³-hybridized carbons (Fsp3) is 0.615. The molecule has 21 heavy (non-hydrogen) atoms. The molecule has 0 saturated carbocycles. The van der Waals surface area contributed by atoms with Crippen LogP contribution >= 0.6 is 27.3 Å². The minimum Gasteiger partial charge on any atom is -0.335 e. The average Bonchev–Trinajstić information content (AvgIpc) is 2.83. The summed E-state index contributed by atoms with van der Waals surface area (Å²) in [5.74, 6) is 0.0425. The molecule has 5 nitrogen and oxygen atoms in total. The summed E-state index contributed by atoms with van der Waals surface area (Å²) in [5.41, 5.74) is 0. The molecular weight excluding hydrogens is 376 g/mol. The van der Waals surface area contributed by atoms with E-state index in [0.29, 0.717) is 13.0 Å². The van der Waals surface area contributed by atoms with Crippen molar-refractivity contribution in [3.8, 4) is 0 Å². The predicted octanol–water partition coefficient (Wildman–Crippen LogP) is 2.44. The van der Waals surface area contributed by atoms with Gasteiger partial charge in [0, 0.05) is 23.6 Å². The lowest BCUT2D eigenvalue weighted by atomic mass is 9.99. The Morgan fingerprint density at radius 2 is 2.29 bits per heavy atom. The fourth-order valence-corrected chi connectivity index (χ4v) is 4.54. The van der Waals surface area contributed by atoms with Gasteiger partial charge in [0.2, 0.25) is 10.0 Å². The van der Waals surface area contributed by atoms with E-state index in [1.165, 1.54) is 11.3 Å². The molecule has 118 valence electrons. The molecular formula is C13H19BrN2O3S2. The number of piperidine rings is 1. The normalized spacial score (nSPS) is 19.7. The van der Waals surface area contributed by atoms with Crippen molar-refractivity contribution in [2.75, 3.05) is 19.3 Å². The molecule has 1 aromatic heterocycles. The lowest BCUT2D eigenvalue weighted by molar-refractivity contribution is 0.0608. The first kappa shape index (κ1) is 16.9. The molecule has 8 heteroatoms. The molecule has 0 aromatic carbocycles. The summed E-state index contributed by atoms with van der Waals surface area (Å²) >= 11 is 4.84. The van der Waals surface area contributed by atoms with Crippen LogP contribution in [0.2, 0.25) is 0 Å².